The normalized spacial score (nSPS) is 12.4. The summed E-state index contributed by atoms with van der Waals surface area (Å²) < 4.78 is 63.1. The van der Waals surface area contributed by atoms with Gasteiger partial charge in [0.15, 0.2) is 15.7 Å². The Hall–Kier alpha value is -2.53. The maximum Gasteiger partial charge on any atom is 0.453 e. The van der Waals surface area contributed by atoms with Crippen molar-refractivity contribution in [2.24, 2.45) is 0 Å². The summed E-state index contributed by atoms with van der Waals surface area (Å²) in [5.74, 6) is -1.79. The average molecular weight is 418 g/mol. The van der Waals surface area contributed by atoms with E-state index in [2.05, 4.69) is 20.1 Å². The smallest absolute Gasteiger partial charge is 0.224 e. The third-order valence-corrected chi connectivity index (χ3v) is 5.00. The molecule has 0 saturated heterocycles. The fourth-order valence-corrected chi connectivity index (χ4v) is 2.76. The van der Waals surface area contributed by atoms with Gasteiger partial charge in [-0.05, 0) is 30.7 Å². The lowest BCUT2D eigenvalue weighted by Crippen LogP contribution is -2.10. The van der Waals surface area contributed by atoms with Crippen LogP contribution in [0.25, 0.3) is 17.3 Å². The van der Waals surface area contributed by atoms with E-state index >= 15 is 0 Å². The van der Waals surface area contributed by atoms with Crippen LogP contribution in [0, 0.1) is 6.92 Å². The minimum atomic E-state index is -4.78. The number of aromatic nitrogens is 5. The highest BCUT2D eigenvalue weighted by Gasteiger charge is 2.37. The van der Waals surface area contributed by atoms with E-state index in [1.165, 1.54) is 12.1 Å². The quantitative estimate of drug-likeness (QED) is 0.650. The van der Waals surface area contributed by atoms with Crippen molar-refractivity contribution in [1.29, 1.82) is 0 Å². The van der Waals surface area contributed by atoms with Crippen LogP contribution in [-0.2, 0) is 16.0 Å². The van der Waals surface area contributed by atoms with Gasteiger partial charge >= 0.3 is 6.18 Å². The van der Waals surface area contributed by atoms with Crippen molar-refractivity contribution in [1.82, 2.24) is 24.7 Å². The van der Waals surface area contributed by atoms with Crippen LogP contribution in [0.15, 0.2) is 35.5 Å². The summed E-state index contributed by atoms with van der Waals surface area (Å²) in [5.41, 5.74) is 0.946. The first-order chi connectivity index (χ1) is 12.5. The topological polar surface area (TPSA) is 90.6 Å². The Bertz CT molecular complexity index is 1110. The molecule has 0 aliphatic rings. The molecule has 0 fully saturated rings. The molecule has 142 valence electrons. The molecule has 1 aromatic carbocycles. The van der Waals surface area contributed by atoms with Crippen molar-refractivity contribution < 1.29 is 21.6 Å². The van der Waals surface area contributed by atoms with Gasteiger partial charge in [-0.25, -0.2) is 23.4 Å². The predicted octanol–water partition coefficient (Wildman–Crippen LogP) is 3.11. The van der Waals surface area contributed by atoms with Crippen molar-refractivity contribution in [3.8, 4) is 17.3 Å². The number of hydrogen-bond acceptors (Lipinski definition) is 6. The average Bonchev–Trinajstić information content (AvgIpc) is 3.02. The summed E-state index contributed by atoms with van der Waals surface area (Å²) in [6.45, 7) is 1.69. The molecular weight excluding hydrogens is 407 g/mol. The summed E-state index contributed by atoms with van der Waals surface area (Å²) in [7, 11) is -3.56. The fourth-order valence-electron chi connectivity index (χ4n) is 2.15. The second kappa shape index (κ2) is 6.57. The molecule has 3 aromatic rings. The van der Waals surface area contributed by atoms with Crippen LogP contribution >= 0.6 is 11.6 Å². The van der Waals surface area contributed by atoms with E-state index in [-0.39, 0.29) is 16.7 Å². The molecule has 2 heterocycles. The Balaban J connectivity index is 2.19. The maximum atomic E-state index is 13.1. The zero-order valence-corrected chi connectivity index (χ0v) is 15.4. The Morgan fingerprint density at radius 3 is 2.30 bits per heavy atom. The van der Waals surface area contributed by atoms with Gasteiger partial charge in [0.05, 0.1) is 12.4 Å². The minimum absolute atomic E-state index is 0.158. The first kappa shape index (κ1) is 19.2. The second-order valence-electron chi connectivity index (χ2n) is 5.62. The summed E-state index contributed by atoms with van der Waals surface area (Å²) >= 11 is 5.96. The van der Waals surface area contributed by atoms with Crippen LogP contribution in [0.3, 0.4) is 0 Å². The molecule has 0 atom stereocenters. The fraction of sp³-hybridized carbons (Fsp3) is 0.200. The van der Waals surface area contributed by atoms with Gasteiger partial charge in [0.25, 0.3) is 11.8 Å². The van der Waals surface area contributed by atoms with E-state index in [4.69, 9.17) is 11.6 Å². The third kappa shape index (κ3) is 3.93. The molecule has 0 aliphatic heterocycles. The monoisotopic (exact) mass is 417 g/mol. The molecule has 0 amide bonds. The zero-order chi connectivity index (χ0) is 20.0. The van der Waals surface area contributed by atoms with Gasteiger partial charge in [-0.15, -0.1) is 5.10 Å². The van der Waals surface area contributed by atoms with Crippen LogP contribution < -0.4 is 0 Å². The van der Waals surface area contributed by atoms with Crippen molar-refractivity contribution >= 4 is 21.4 Å². The van der Waals surface area contributed by atoms with Gasteiger partial charge in [0, 0.05) is 16.8 Å². The number of aryl methyl sites for hydroxylation is 1. The highest BCUT2D eigenvalue weighted by Crippen LogP contribution is 2.31. The van der Waals surface area contributed by atoms with Crippen LogP contribution in [0.5, 0.6) is 0 Å². The van der Waals surface area contributed by atoms with Crippen molar-refractivity contribution in [3.05, 3.63) is 47.0 Å². The van der Waals surface area contributed by atoms with Crippen molar-refractivity contribution in [3.63, 3.8) is 0 Å². The lowest BCUT2D eigenvalue weighted by atomic mass is 10.1. The number of nitrogens with zero attached hydrogens (tertiary/aromatic N) is 5. The Morgan fingerprint density at radius 2 is 1.78 bits per heavy atom. The molecule has 0 N–H and O–H groups in total. The number of rotatable bonds is 3. The SMILES string of the molecule is Cc1cc(-c2nc(C(F)(F)F)nn2-c2ncc(S(C)(=O)=O)cn2)ccc1Cl. The number of hydrogen-bond donors (Lipinski definition) is 0. The zero-order valence-electron chi connectivity index (χ0n) is 13.9. The summed E-state index contributed by atoms with van der Waals surface area (Å²) in [6.07, 6.45) is -1.84. The van der Waals surface area contributed by atoms with Crippen LogP contribution in [-0.4, -0.2) is 39.4 Å². The molecule has 2 aromatic heterocycles. The lowest BCUT2D eigenvalue weighted by Gasteiger charge is -2.06. The van der Waals surface area contributed by atoms with E-state index in [0.717, 1.165) is 23.3 Å². The number of alkyl halides is 3. The van der Waals surface area contributed by atoms with Crippen LogP contribution in [0.4, 0.5) is 13.2 Å². The van der Waals surface area contributed by atoms with Gasteiger partial charge < -0.3 is 0 Å². The van der Waals surface area contributed by atoms with Gasteiger partial charge in [0.2, 0.25) is 0 Å². The number of benzene rings is 1. The van der Waals surface area contributed by atoms with E-state index in [1.54, 1.807) is 13.0 Å². The second-order valence-corrected chi connectivity index (χ2v) is 8.05. The summed E-state index contributed by atoms with van der Waals surface area (Å²) in [4.78, 5) is 11.0. The molecule has 27 heavy (non-hydrogen) atoms. The highest BCUT2D eigenvalue weighted by molar-refractivity contribution is 7.90. The maximum absolute atomic E-state index is 13.1. The van der Waals surface area contributed by atoms with Crippen LogP contribution in [0.2, 0.25) is 5.02 Å². The lowest BCUT2D eigenvalue weighted by molar-refractivity contribution is -0.144. The minimum Gasteiger partial charge on any atom is -0.224 e. The molecule has 0 saturated carbocycles. The van der Waals surface area contributed by atoms with Gasteiger partial charge in [-0.1, -0.05) is 11.6 Å². The highest BCUT2D eigenvalue weighted by atomic mass is 35.5. The van der Waals surface area contributed by atoms with Gasteiger partial charge in [-0.2, -0.15) is 17.9 Å². The van der Waals surface area contributed by atoms with Gasteiger partial charge in [0.1, 0.15) is 4.90 Å². The Morgan fingerprint density at radius 1 is 1.15 bits per heavy atom. The molecule has 12 heteroatoms. The summed E-state index contributed by atoms with van der Waals surface area (Å²) in [5, 5.41) is 3.88. The molecular formula is C15H11ClF3N5O2S. The van der Waals surface area contributed by atoms with Gasteiger partial charge in [-0.3, -0.25) is 0 Å². The molecule has 0 radical (unpaired) electrons. The Kier molecular flexibility index (Phi) is 4.68. The van der Waals surface area contributed by atoms with Crippen molar-refractivity contribution in [2.45, 2.75) is 18.0 Å². The third-order valence-electron chi connectivity index (χ3n) is 3.51. The first-order valence-electron chi connectivity index (χ1n) is 7.30. The molecule has 0 unspecified atom stereocenters. The van der Waals surface area contributed by atoms with E-state index in [0.29, 0.717) is 16.1 Å². The predicted molar refractivity (Wildman–Crippen MR) is 90.2 cm³/mol. The van der Waals surface area contributed by atoms with E-state index < -0.39 is 21.8 Å². The number of halogens is 4. The van der Waals surface area contributed by atoms with Crippen molar-refractivity contribution in [2.75, 3.05) is 6.26 Å². The molecule has 3 rings (SSSR count). The molecule has 7 nitrogen and oxygen atoms in total. The van der Waals surface area contributed by atoms with E-state index in [1.807, 2.05) is 0 Å². The first-order valence-corrected chi connectivity index (χ1v) is 9.57. The molecule has 0 bridgehead atoms. The molecule has 0 spiro atoms. The number of sulfone groups is 1. The van der Waals surface area contributed by atoms with Crippen LogP contribution in [0.1, 0.15) is 11.4 Å². The van der Waals surface area contributed by atoms with E-state index in [9.17, 15) is 21.6 Å². The Labute approximate surface area is 156 Å². The standard InChI is InChI=1S/C15H11ClF3N5O2S/c1-8-5-9(3-4-11(8)16)12-22-13(15(17,18)19)23-24(12)14-20-6-10(7-21-14)27(2,25)26/h3-7H,1-2H3. The summed E-state index contributed by atoms with van der Waals surface area (Å²) in [6, 6.07) is 4.56. The molecule has 0 aliphatic carbocycles. The largest absolute Gasteiger partial charge is 0.453 e.